The normalized spacial score (nSPS) is 12.4. The van der Waals surface area contributed by atoms with Crippen molar-refractivity contribution in [3.8, 4) is 0 Å². The number of benzene rings is 1. The van der Waals surface area contributed by atoms with Crippen molar-refractivity contribution in [1.82, 2.24) is 4.98 Å². The molecule has 4 heteroatoms. The van der Waals surface area contributed by atoms with Crippen LogP contribution in [0, 0.1) is 0 Å². The standard InChI is InChI=1S/C12H9BrClNO/c13-11-6-10(14)9(7-15-11)12(16)8-4-2-1-3-5-8/h1-7,12,16H. The molecule has 1 N–H and O–H groups in total. The predicted octanol–water partition coefficient (Wildman–Crippen LogP) is 3.58. The van der Waals surface area contributed by atoms with E-state index in [0.717, 1.165) is 5.56 Å². The number of pyridine rings is 1. The molecule has 2 aromatic rings. The highest BCUT2D eigenvalue weighted by atomic mass is 79.9. The third-order valence-electron chi connectivity index (χ3n) is 2.26. The predicted molar refractivity (Wildman–Crippen MR) is 67.5 cm³/mol. The lowest BCUT2D eigenvalue weighted by Crippen LogP contribution is -2.01. The molecule has 82 valence electrons. The zero-order valence-corrected chi connectivity index (χ0v) is 10.6. The molecule has 1 heterocycles. The lowest BCUT2D eigenvalue weighted by atomic mass is 10.0. The zero-order chi connectivity index (χ0) is 11.5. The Morgan fingerprint density at radius 3 is 2.56 bits per heavy atom. The maximum Gasteiger partial charge on any atom is 0.107 e. The average molecular weight is 299 g/mol. The Labute approximate surface area is 107 Å². The van der Waals surface area contributed by atoms with Crippen molar-refractivity contribution in [3.63, 3.8) is 0 Å². The van der Waals surface area contributed by atoms with Crippen molar-refractivity contribution in [3.05, 3.63) is 63.3 Å². The molecular weight excluding hydrogens is 289 g/mol. The minimum absolute atomic E-state index is 0.498. The van der Waals surface area contributed by atoms with Crippen LogP contribution in [0.4, 0.5) is 0 Å². The van der Waals surface area contributed by atoms with Crippen LogP contribution >= 0.6 is 27.5 Å². The summed E-state index contributed by atoms with van der Waals surface area (Å²) in [6.45, 7) is 0. The van der Waals surface area contributed by atoms with Gasteiger partial charge in [-0.25, -0.2) is 4.98 Å². The van der Waals surface area contributed by atoms with E-state index in [1.165, 1.54) is 0 Å². The number of aliphatic hydroxyl groups excluding tert-OH is 1. The second kappa shape index (κ2) is 4.95. The van der Waals surface area contributed by atoms with E-state index < -0.39 is 6.10 Å². The van der Waals surface area contributed by atoms with Crippen LogP contribution in [-0.2, 0) is 0 Å². The SMILES string of the molecule is OC(c1ccccc1)c1cnc(Br)cc1Cl. The van der Waals surface area contributed by atoms with Crippen LogP contribution in [0.3, 0.4) is 0 Å². The summed E-state index contributed by atoms with van der Waals surface area (Å²) in [6, 6.07) is 11.0. The van der Waals surface area contributed by atoms with Crippen molar-refractivity contribution in [1.29, 1.82) is 0 Å². The number of aromatic nitrogens is 1. The number of hydrogen-bond acceptors (Lipinski definition) is 2. The number of rotatable bonds is 2. The monoisotopic (exact) mass is 297 g/mol. The van der Waals surface area contributed by atoms with E-state index in [1.54, 1.807) is 12.3 Å². The fraction of sp³-hybridized carbons (Fsp3) is 0.0833. The van der Waals surface area contributed by atoms with Gasteiger partial charge >= 0.3 is 0 Å². The molecule has 0 aliphatic carbocycles. The molecule has 0 saturated heterocycles. The Kier molecular flexibility index (Phi) is 3.59. The Morgan fingerprint density at radius 1 is 1.25 bits per heavy atom. The maximum atomic E-state index is 10.1. The lowest BCUT2D eigenvalue weighted by molar-refractivity contribution is 0.220. The van der Waals surface area contributed by atoms with Crippen LogP contribution in [0.25, 0.3) is 0 Å². The third kappa shape index (κ3) is 2.43. The second-order valence-corrected chi connectivity index (χ2v) is 4.56. The van der Waals surface area contributed by atoms with Gasteiger partial charge in [0.15, 0.2) is 0 Å². The van der Waals surface area contributed by atoms with Gasteiger partial charge in [0.1, 0.15) is 10.7 Å². The molecule has 0 saturated carbocycles. The molecule has 0 fully saturated rings. The van der Waals surface area contributed by atoms with Crippen LogP contribution in [0.15, 0.2) is 47.2 Å². The Balaban J connectivity index is 2.38. The summed E-state index contributed by atoms with van der Waals surface area (Å²) < 4.78 is 0.654. The molecule has 16 heavy (non-hydrogen) atoms. The fourth-order valence-corrected chi connectivity index (χ4v) is 2.15. The highest BCUT2D eigenvalue weighted by Crippen LogP contribution is 2.28. The second-order valence-electron chi connectivity index (χ2n) is 3.34. The van der Waals surface area contributed by atoms with Crippen LogP contribution in [0.2, 0.25) is 5.02 Å². The fourth-order valence-electron chi connectivity index (χ4n) is 1.43. The van der Waals surface area contributed by atoms with Gasteiger partial charge in [-0.15, -0.1) is 0 Å². The van der Waals surface area contributed by atoms with E-state index >= 15 is 0 Å². The number of aliphatic hydroxyl groups is 1. The molecule has 2 rings (SSSR count). The first kappa shape index (κ1) is 11.6. The molecule has 1 aromatic carbocycles. The Bertz CT molecular complexity index is 490. The van der Waals surface area contributed by atoms with Gasteiger partial charge in [-0.05, 0) is 27.6 Å². The summed E-state index contributed by atoms with van der Waals surface area (Å²) in [6.07, 6.45) is 0.832. The van der Waals surface area contributed by atoms with Crippen molar-refractivity contribution >= 4 is 27.5 Å². The molecular formula is C12H9BrClNO. The minimum Gasteiger partial charge on any atom is -0.384 e. The Hall–Kier alpha value is -0.900. The van der Waals surface area contributed by atoms with Gasteiger partial charge in [0, 0.05) is 11.8 Å². The van der Waals surface area contributed by atoms with Gasteiger partial charge in [-0.1, -0.05) is 41.9 Å². The molecule has 1 atom stereocenters. The number of hydrogen-bond donors (Lipinski definition) is 1. The summed E-state index contributed by atoms with van der Waals surface area (Å²) in [5, 5.41) is 10.6. The first-order valence-electron chi connectivity index (χ1n) is 4.72. The van der Waals surface area contributed by atoms with Crippen molar-refractivity contribution in [2.75, 3.05) is 0 Å². The van der Waals surface area contributed by atoms with Crippen LogP contribution < -0.4 is 0 Å². The molecule has 1 unspecified atom stereocenters. The van der Waals surface area contributed by atoms with Crippen LogP contribution in [0.5, 0.6) is 0 Å². The smallest absolute Gasteiger partial charge is 0.107 e. The molecule has 0 aliphatic heterocycles. The highest BCUT2D eigenvalue weighted by molar-refractivity contribution is 9.10. The molecule has 0 radical (unpaired) electrons. The minimum atomic E-state index is -0.741. The molecule has 0 aliphatic rings. The first-order chi connectivity index (χ1) is 7.68. The van der Waals surface area contributed by atoms with Gasteiger partial charge in [0.05, 0.1) is 5.02 Å². The lowest BCUT2D eigenvalue weighted by Gasteiger charge is -2.12. The van der Waals surface area contributed by atoms with E-state index in [1.807, 2.05) is 30.3 Å². The van der Waals surface area contributed by atoms with E-state index in [9.17, 15) is 5.11 Å². The van der Waals surface area contributed by atoms with Gasteiger partial charge in [0.2, 0.25) is 0 Å². The Morgan fingerprint density at radius 2 is 1.94 bits per heavy atom. The van der Waals surface area contributed by atoms with Crippen LogP contribution in [-0.4, -0.2) is 10.1 Å². The summed E-state index contributed by atoms with van der Waals surface area (Å²) >= 11 is 9.27. The molecule has 1 aromatic heterocycles. The van der Waals surface area contributed by atoms with Gasteiger partial charge in [-0.2, -0.15) is 0 Å². The summed E-state index contributed by atoms with van der Waals surface area (Å²) in [4.78, 5) is 4.06. The van der Waals surface area contributed by atoms with Gasteiger partial charge < -0.3 is 5.11 Å². The molecule has 0 spiro atoms. The number of halogens is 2. The quantitative estimate of drug-likeness (QED) is 0.860. The van der Waals surface area contributed by atoms with Crippen LogP contribution in [0.1, 0.15) is 17.2 Å². The largest absolute Gasteiger partial charge is 0.384 e. The summed E-state index contributed by atoms with van der Waals surface area (Å²) in [7, 11) is 0. The van der Waals surface area contributed by atoms with Gasteiger partial charge in [-0.3, -0.25) is 0 Å². The molecule has 2 nitrogen and oxygen atoms in total. The molecule has 0 amide bonds. The number of nitrogens with zero attached hydrogens (tertiary/aromatic N) is 1. The van der Waals surface area contributed by atoms with Crippen molar-refractivity contribution < 1.29 is 5.11 Å². The van der Waals surface area contributed by atoms with E-state index in [2.05, 4.69) is 20.9 Å². The van der Waals surface area contributed by atoms with Crippen molar-refractivity contribution in [2.24, 2.45) is 0 Å². The summed E-state index contributed by atoms with van der Waals surface area (Å²) in [5.41, 5.74) is 1.41. The van der Waals surface area contributed by atoms with E-state index in [-0.39, 0.29) is 0 Å². The average Bonchev–Trinajstić information content (AvgIpc) is 2.29. The zero-order valence-electron chi connectivity index (χ0n) is 8.27. The summed E-state index contributed by atoms with van der Waals surface area (Å²) in [5.74, 6) is 0. The topological polar surface area (TPSA) is 33.1 Å². The van der Waals surface area contributed by atoms with E-state index in [4.69, 9.17) is 11.6 Å². The first-order valence-corrected chi connectivity index (χ1v) is 5.89. The third-order valence-corrected chi connectivity index (χ3v) is 3.02. The molecule has 0 bridgehead atoms. The maximum absolute atomic E-state index is 10.1. The van der Waals surface area contributed by atoms with Gasteiger partial charge in [0.25, 0.3) is 0 Å². The highest BCUT2D eigenvalue weighted by Gasteiger charge is 2.14. The van der Waals surface area contributed by atoms with Crippen molar-refractivity contribution in [2.45, 2.75) is 6.10 Å². The van der Waals surface area contributed by atoms with E-state index in [0.29, 0.717) is 15.2 Å².